The van der Waals surface area contributed by atoms with Crippen LogP contribution in [0.15, 0.2) is 25.2 Å². The van der Waals surface area contributed by atoms with Gasteiger partial charge in [-0.3, -0.25) is 0 Å². The van der Waals surface area contributed by atoms with E-state index in [0.29, 0.717) is 38.8 Å². The average Bonchev–Trinajstić information content (AvgIpc) is 2.37. The lowest BCUT2D eigenvalue weighted by Gasteiger charge is -2.16. The highest BCUT2D eigenvalue weighted by molar-refractivity contribution is 4.94. The van der Waals surface area contributed by atoms with Gasteiger partial charge in [-0.05, 0) is 0 Å². The van der Waals surface area contributed by atoms with Crippen molar-refractivity contribution < 1.29 is 29.2 Å². The maximum atomic E-state index is 9.04. The van der Waals surface area contributed by atoms with Gasteiger partial charge in [-0.25, -0.2) is 0 Å². The second-order valence-electron chi connectivity index (χ2n) is 3.24. The van der Waals surface area contributed by atoms with E-state index in [1.54, 1.807) is 0 Å². The van der Waals surface area contributed by atoms with Gasteiger partial charge in [-0.15, -0.1) is 0 Å². The van der Waals surface area contributed by atoms with Crippen LogP contribution < -0.4 is 0 Å². The molecule has 6 nitrogen and oxygen atoms in total. The highest BCUT2D eigenvalue weighted by Crippen LogP contribution is 2.05. The van der Waals surface area contributed by atoms with E-state index in [2.05, 4.69) is 13.2 Å². The number of rotatable bonds is 13. The topological polar surface area (TPSA) is 77.4 Å². The summed E-state index contributed by atoms with van der Waals surface area (Å²) >= 11 is 0. The van der Waals surface area contributed by atoms with Crippen LogP contribution in [-0.2, 0) is 18.9 Å². The van der Waals surface area contributed by atoms with E-state index in [1.165, 1.54) is 6.26 Å². The Morgan fingerprint density at radius 1 is 1.06 bits per heavy atom. The normalized spacial score (nSPS) is 12.1. The lowest BCUT2D eigenvalue weighted by molar-refractivity contribution is -0.0300. The molecule has 18 heavy (non-hydrogen) atoms. The molecule has 0 aliphatic heterocycles. The molecule has 0 aliphatic rings. The van der Waals surface area contributed by atoms with Crippen molar-refractivity contribution in [3.05, 3.63) is 25.2 Å². The second kappa shape index (κ2) is 12.5. The van der Waals surface area contributed by atoms with Crippen LogP contribution in [0.1, 0.15) is 0 Å². The van der Waals surface area contributed by atoms with E-state index in [4.69, 9.17) is 29.2 Å². The Bertz CT molecular complexity index is 219. The fourth-order valence-electron chi connectivity index (χ4n) is 1.07. The second-order valence-corrected chi connectivity index (χ2v) is 3.24. The van der Waals surface area contributed by atoms with Crippen LogP contribution in [0.25, 0.3) is 0 Å². The van der Waals surface area contributed by atoms with Crippen LogP contribution in [0.3, 0.4) is 0 Å². The van der Waals surface area contributed by atoms with Gasteiger partial charge in [-0.1, -0.05) is 13.2 Å². The summed E-state index contributed by atoms with van der Waals surface area (Å²) in [4.78, 5) is 0. The molecule has 6 heteroatoms. The Hall–Kier alpha value is -0.920. The molecule has 1 unspecified atom stereocenters. The van der Waals surface area contributed by atoms with Gasteiger partial charge in [0.15, 0.2) is 0 Å². The van der Waals surface area contributed by atoms with Gasteiger partial charge >= 0.3 is 0 Å². The summed E-state index contributed by atoms with van der Waals surface area (Å²) in [5.41, 5.74) is 0. The first-order valence-corrected chi connectivity index (χ1v) is 5.71. The molecule has 106 valence electrons. The Morgan fingerprint density at radius 2 is 1.67 bits per heavy atom. The zero-order chi connectivity index (χ0) is 13.6. The lowest BCUT2D eigenvalue weighted by atomic mass is 10.3. The molecular formula is C12H22O6. The van der Waals surface area contributed by atoms with E-state index in [-0.39, 0.29) is 13.2 Å². The van der Waals surface area contributed by atoms with Crippen molar-refractivity contribution in [1.82, 2.24) is 0 Å². The van der Waals surface area contributed by atoms with Gasteiger partial charge in [0.05, 0.1) is 52.5 Å². The minimum atomic E-state index is -0.586. The molecule has 0 saturated heterocycles. The fourth-order valence-corrected chi connectivity index (χ4v) is 1.07. The van der Waals surface area contributed by atoms with Crippen molar-refractivity contribution in [3.8, 4) is 0 Å². The maximum Gasteiger partial charge on any atom is 0.138 e. The number of aliphatic hydroxyl groups is 2. The molecule has 0 heterocycles. The molecule has 2 N–H and O–H groups in total. The van der Waals surface area contributed by atoms with Crippen LogP contribution in [-0.4, -0.2) is 62.6 Å². The Kier molecular flexibility index (Phi) is 11.9. The summed E-state index contributed by atoms with van der Waals surface area (Å²) in [7, 11) is 0. The first kappa shape index (κ1) is 17.1. The standard InChI is InChI=1S/C12H22O6/c1-3-17-11(2)12(10-14)18-9-8-16-7-6-15-5-4-13/h3,12-14H,1-2,4-10H2. The third kappa shape index (κ3) is 9.15. The molecule has 0 bridgehead atoms. The van der Waals surface area contributed by atoms with Gasteiger partial charge in [0.2, 0.25) is 0 Å². The number of hydrogen-bond donors (Lipinski definition) is 2. The molecular weight excluding hydrogens is 240 g/mol. The molecule has 0 amide bonds. The molecule has 0 aromatic heterocycles. The van der Waals surface area contributed by atoms with E-state index >= 15 is 0 Å². The monoisotopic (exact) mass is 262 g/mol. The van der Waals surface area contributed by atoms with Crippen LogP contribution >= 0.6 is 0 Å². The molecule has 0 rings (SSSR count). The van der Waals surface area contributed by atoms with Crippen LogP contribution in [0.5, 0.6) is 0 Å². The summed E-state index contributed by atoms with van der Waals surface area (Å²) in [6.45, 7) is 8.63. The van der Waals surface area contributed by atoms with Crippen molar-refractivity contribution in [1.29, 1.82) is 0 Å². The lowest BCUT2D eigenvalue weighted by Crippen LogP contribution is -2.23. The van der Waals surface area contributed by atoms with Crippen molar-refractivity contribution in [2.24, 2.45) is 0 Å². The molecule has 0 aromatic rings. The predicted octanol–water partition coefficient (Wildman–Crippen LogP) is 0.0632. The van der Waals surface area contributed by atoms with Gasteiger partial charge in [-0.2, -0.15) is 0 Å². The zero-order valence-corrected chi connectivity index (χ0v) is 10.5. The minimum Gasteiger partial charge on any atom is -0.468 e. The highest BCUT2D eigenvalue weighted by Gasteiger charge is 2.12. The van der Waals surface area contributed by atoms with Crippen LogP contribution in [0, 0.1) is 0 Å². The molecule has 0 aromatic carbocycles. The molecule has 0 spiro atoms. The predicted molar refractivity (Wildman–Crippen MR) is 66.0 cm³/mol. The average molecular weight is 262 g/mol. The number of hydrogen-bond acceptors (Lipinski definition) is 6. The van der Waals surface area contributed by atoms with E-state index in [9.17, 15) is 0 Å². The minimum absolute atomic E-state index is 0.00665. The quantitative estimate of drug-likeness (QED) is 0.361. The Labute approximate surface area is 107 Å². The zero-order valence-electron chi connectivity index (χ0n) is 10.5. The maximum absolute atomic E-state index is 9.04. The Morgan fingerprint density at radius 3 is 2.22 bits per heavy atom. The van der Waals surface area contributed by atoms with Gasteiger partial charge in [0, 0.05) is 0 Å². The number of aliphatic hydroxyl groups excluding tert-OH is 2. The van der Waals surface area contributed by atoms with Crippen molar-refractivity contribution in [2.45, 2.75) is 6.10 Å². The molecule has 1 atom stereocenters. The number of ether oxygens (including phenoxy) is 4. The molecule has 0 saturated carbocycles. The summed E-state index contributed by atoms with van der Waals surface area (Å²) in [5.74, 6) is 0.304. The van der Waals surface area contributed by atoms with E-state index in [1.807, 2.05) is 0 Å². The van der Waals surface area contributed by atoms with Gasteiger partial charge in [0.1, 0.15) is 11.9 Å². The third-order valence-corrected chi connectivity index (χ3v) is 1.91. The van der Waals surface area contributed by atoms with E-state index < -0.39 is 6.10 Å². The molecule has 0 fully saturated rings. The van der Waals surface area contributed by atoms with Gasteiger partial charge < -0.3 is 29.2 Å². The summed E-state index contributed by atoms with van der Waals surface area (Å²) in [6, 6.07) is 0. The molecule has 0 radical (unpaired) electrons. The Balaban J connectivity index is 3.45. The van der Waals surface area contributed by atoms with Gasteiger partial charge in [0.25, 0.3) is 0 Å². The van der Waals surface area contributed by atoms with Crippen LogP contribution in [0.4, 0.5) is 0 Å². The summed E-state index contributed by atoms with van der Waals surface area (Å²) < 4.78 is 20.4. The molecule has 0 aliphatic carbocycles. The van der Waals surface area contributed by atoms with Crippen LogP contribution in [0.2, 0.25) is 0 Å². The van der Waals surface area contributed by atoms with Crippen molar-refractivity contribution in [2.75, 3.05) is 46.2 Å². The first-order chi connectivity index (χ1) is 8.76. The first-order valence-electron chi connectivity index (χ1n) is 5.71. The smallest absolute Gasteiger partial charge is 0.138 e. The van der Waals surface area contributed by atoms with Crippen molar-refractivity contribution in [3.63, 3.8) is 0 Å². The summed E-state index contributed by atoms with van der Waals surface area (Å²) in [5, 5.41) is 17.5. The largest absolute Gasteiger partial charge is 0.468 e. The highest BCUT2D eigenvalue weighted by atomic mass is 16.6. The van der Waals surface area contributed by atoms with Crippen molar-refractivity contribution >= 4 is 0 Å². The fraction of sp³-hybridized carbons (Fsp3) is 0.667. The SMILES string of the molecule is C=COC(=C)C(CO)OCCOCCOCCO. The summed E-state index contributed by atoms with van der Waals surface area (Å²) in [6.07, 6.45) is 0.640. The third-order valence-electron chi connectivity index (χ3n) is 1.91. The van der Waals surface area contributed by atoms with E-state index in [0.717, 1.165) is 0 Å².